The number of hydrogen-bond acceptors (Lipinski definition) is 11. The molecule has 0 spiro atoms. The highest BCUT2D eigenvalue weighted by atomic mass is 32.2. The van der Waals surface area contributed by atoms with Crippen molar-refractivity contribution in [3.8, 4) is 0 Å². The van der Waals surface area contributed by atoms with Crippen molar-refractivity contribution in [2.75, 3.05) is 19.8 Å². The summed E-state index contributed by atoms with van der Waals surface area (Å²) in [6, 6.07) is 17.7. The van der Waals surface area contributed by atoms with E-state index in [2.05, 4.69) is 0 Å². The Bertz CT molecular complexity index is 2770. The molecule has 3 aliphatic heterocycles. The fraction of sp³-hybridized carbons (Fsp3) is 0.490. The zero-order valence-corrected chi connectivity index (χ0v) is 42.0. The van der Waals surface area contributed by atoms with Crippen LogP contribution in [0.5, 0.6) is 0 Å². The van der Waals surface area contributed by atoms with E-state index in [0.717, 1.165) is 11.1 Å². The summed E-state index contributed by atoms with van der Waals surface area (Å²) in [6.45, 7) is 23.6. The molecule has 1 aromatic heterocycles. The first kappa shape index (κ1) is 47.4. The van der Waals surface area contributed by atoms with E-state index >= 15 is 16.8 Å². The van der Waals surface area contributed by atoms with Crippen LogP contribution >= 0.6 is 8.24 Å². The topological polar surface area (TPSA) is 150 Å². The first-order chi connectivity index (χ1) is 30.6. The maximum Gasteiger partial charge on any atom is 0.388 e. The predicted molar refractivity (Wildman–Crippen MR) is 254 cm³/mol. The molecular weight excluding hydrogens is 886 g/mol. The number of rotatable bonds is 12. The summed E-state index contributed by atoms with van der Waals surface area (Å²) in [5.41, 5.74) is 4.52. The van der Waals surface area contributed by atoms with E-state index in [1.165, 1.54) is 8.61 Å². The molecule has 5 aromatic rings. The Morgan fingerprint density at radius 3 is 1.48 bits per heavy atom. The van der Waals surface area contributed by atoms with Crippen LogP contribution < -0.4 is 4.52 Å². The van der Waals surface area contributed by atoms with Crippen molar-refractivity contribution in [2.45, 2.75) is 148 Å². The lowest BCUT2D eigenvalue weighted by Crippen LogP contribution is -2.40. The van der Waals surface area contributed by atoms with Crippen LogP contribution in [0.1, 0.15) is 118 Å². The highest BCUT2D eigenvalue weighted by Crippen LogP contribution is 2.48. The lowest BCUT2D eigenvalue weighted by Gasteiger charge is -2.29. The van der Waals surface area contributed by atoms with Crippen LogP contribution in [-0.4, -0.2) is 74.4 Å². The van der Waals surface area contributed by atoms with Crippen LogP contribution in [0.3, 0.4) is 0 Å². The predicted octanol–water partition coefficient (Wildman–Crippen LogP) is 10.9. The molecule has 350 valence electrons. The fourth-order valence-corrected chi connectivity index (χ4v) is 15.4. The van der Waals surface area contributed by atoms with Crippen molar-refractivity contribution in [1.82, 2.24) is 8.61 Å². The lowest BCUT2D eigenvalue weighted by molar-refractivity contribution is 0.0684. The Morgan fingerprint density at radius 2 is 1.12 bits per heavy atom. The van der Waals surface area contributed by atoms with E-state index in [9.17, 15) is 0 Å². The lowest BCUT2D eigenvalue weighted by atomic mass is 10.0. The quantitative estimate of drug-likeness (QED) is 0.118. The molecule has 4 aromatic carbocycles. The minimum absolute atomic E-state index is 0.166. The third kappa shape index (κ3) is 8.39. The maximum atomic E-state index is 15.0. The molecule has 0 saturated carbocycles. The van der Waals surface area contributed by atoms with Gasteiger partial charge in [-0.3, -0.25) is 4.52 Å². The molecule has 0 radical (unpaired) electrons. The van der Waals surface area contributed by atoms with Gasteiger partial charge in [-0.05, 0) is 104 Å². The number of aryl methyl sites for hydroxylation is 6. The summed E-state index contributed by atoms with van der Waals surface area (Å²) >= 11 is 0. The molecule has 5 atom stereocenters. The molecule has 4 heterocycles. The summed E-state index contributed by atoms with van der Waals surface area (Å²) in [6.07, 6.45) is -0.697. The largest absolute Gasteiger partial charge is 0.476 e. The Morgan fingerprint density at radius 1 is 0.708 bits per heavy atom. The molecule has 8 rings (SSSR count). The second kappa shape index (κ2) is 17.6. The average Bonchev–Trinajstić information content (AvgIpc) is 3.94. The highest BCUT2D eigenvalue weighted by molar-refractivity contribution is 7.89. The molecule has 2 fully saturated rings. The van der Waals surface area contributed by atoms with Crippen molar-refractivity contribution >= 4 is 56.1 Å². The number of fused-ring (bicyclic) bond motifs is 3. The molecule has 16 heteroatoms. The van der Waals surface area contributed by atoms with Gasteiger partial charge in [-0.15, -0.1) is 0 Å². The highest BCUT2D eigenvalue weighted by Gasteiger charge is 2.48. The first-order valence-corrected chi connectivity index (χ1v) is 26.4. The number of sulfonamides is 2. The van der Waals surface area contributed by atoms with Gasteiger partial charge in [0, 0.05) is 21.9 Å². The van der Waals surface area contributed by atoms with E-state index in [-0.39, 0.29) is 23.0 Å². The zero-order chi connectivity index (χ0) is 47.0. The number of benzene rings is 4. The van der Waals surface area contributed by atoms with Crippen molar-refractivity contribution in [2.24, 2.45) is 4.99 Å². The van der Waals surface area contributed by atoms with Gasteiger partial charge in [-0.25, -0.2) is 21.8 Å². The number of aliphatic imine (C=N–C) groups is 1. The normalized spacial score (nSPS) is 22.7. The van der Waals surface area contributed by atoms with Crippen LogP contribution in [0.25, 0.3) is 21.9 Å². The van der Waals surface area contributed by atoms with Crippen LogP contribution in [0, 0.1) is 41.5 Å². The molecule has 65 heavy (non-hydrogen) atoms. The third-order valence-electron chi connectivity index (χ3n) is 12.9. The van der Waals surface area contributed by atoms with E-state index in [1.54, 1.807) is 0 Å². The van der Waals surface area contributed by atoms with Crippen LogP contribution in [0.15, 0.2) is 83.8 Å². The maximum absolute atomic E-state index is 15.0. The first-order valence-electron chi connectivity index (χ1n) is 22.5. The Hall–Kier alpha value is -4.05. The van der Waals surface area contributed by atoms with E-state index < -0.39 is 64.0 Å². The second-order valence-corrected chi connectivity index (χ2v) is 23.2. The van der Waals surface area contributed by atoms with Gasteiger partial charge in [0.15, 0.2) is 29.2 Å². The summed E-state index contributed by atoms with van der Waals surface area (Å²) in [5.74, 6) is 0.406. The van der Waals surface area contributed by atoms with Gasteiger partial charge in [0.2, 0.25) is 25.9 Å². The van der Waals surface area contributed by atoms with Gasteiger partial charge in [0.25, 0.3) is 0 Å². The van der Waals surface area contributed by atoms with E-state index in [0.29, 0.717) is 87.1 Å². The van der Waals surface area contributed by atoms with Gasteiger partial charge in [0.05, 0.1) is 40.6 Å². The standard InChI is InChI=1S/C49H62N3O10PS2/c1-13-35-26-57-45(51(35)64(53,54)43-31(6)22-29(4)23-32(43)7)39-20-16-18-37-38-19-17-21-40(42(38)61-63(60-41(37)39)62-49(12,15-3)47-50-48(10,11)28-59-47)46-52(36(14-2)27-58-46)65(55,56)44-33(8)24-30(5)25-34(44)9/h16-25,35-36,45-46H,13-15,26-28H2,1-12H3/t35-,36-,45-,46-,49?/m0/s1. The summed E-state index contributed by atoms with van der Waals surface area (Å²) < 4.78 is 103. The van der Waals surface area contributed by atoms with Gasteiger partial charge in [-0.2, -0.15) is 8.61 Å². The second-order valence-electron chi connectivity index (χ2n) is 18.7. The van der Waals surface area contributed by atoms with Gasteiger partial charge in [-0.1, -0.05) is 92.6 Å². The average molecular weight is 948 g/mol. The smallest absolute Gasteiger partial charge is 0.388 e. The minimum atomic E-state index is -4.13. The van der Waals surface area contributed by atoms with Gasteiger partial charge >= 0.3 is 8.24 Å². The minimum Gasteiger partial charge on any atom is -0.476 e. The molecule has 0 aliphatic carbocycles. The molecule has 2 saturated heterocycles. The molecule has 0 N–H and O–H groups in total. The van der Waals surface area contributed by atoms with E-state index in [1.807, 2.05) is 144 Å². The summed E-state index contributed by atoms with van der Waals surface area (Å²) in [5, 5.41) is 1.16. The van der Waals surface area contributed by atoms with Gasteiger partial charge in [0.1, 0.15) is 6.61 Å². The van der Waals surface area contributed by atoms with Crippen LogP contribution in [0.4, 0.5) is 0 Å². The Labute approximate surface area is 384 Å². The van der Waals surface area contributed by atoms with Crippen LogP contribution in [0.2, 0.25) is 0 Å². The molecule has 3 aliphatic rings. The zero-order valence-electron chi connectivity index (χ0n) is 39.5. The molecule has 0 amide bonds. The van der Waals surface area contributed by atoms with Crippen LogP contribution in [-0.2, 0) is 34.3 Å². The number of hydrogen-bond donors (Lipinski definition) is 0. The van der Waals surface area contributed by atoms with Crippen molar-refractivity contribution in [3.63, 3.8) is 0 Å². The van der Waals surface area contributed by atoms with Crippen molar-refractivity contribution in [3.05, 3.63) is 105 Å². The van der Waals surface area contributed by atoms with Crippen molar-refractivity contribution in [1.29, 1.82) is 0 Å². The van der Waals surface area contributed by atoms with E-state index in [4.69, 9.17) is 32.1 Å². The number of nitrogens with zero attached hydrogens (tertiary/aromatic N) is 3. The summed E-state index contributed by atoms with van der Waals surface area (Å²) in [4.78, 5) is 5.39. The molecule has 13 nitrogen and oxygen atoms in total. The Balaban J connectivity index is 1.38. The molecular formula is C49H62N3O10PS2. The number of ether oxygens (including phenoxy) is 3. The fourth-order valence-electron chi connectivity index (χ4n) is 9.74. The SMILES string of the molecule is CC[C@H]1CO[C@@H](c2cccc3c2op(OC(C)(CC)C2=NC(C)(C)CO2)oc2c([C@@H]4OC[C@H](CC)N4S(=O)(=O)c4c(C)cc(C)cc4C)cccc23)N1S(=O)(=O)c1c(C)cc(C)cc1C. The summed E-state index contributed by atoms with van der Waals surface area (Å²) in [7, 11) is -10.7. The molecule has 0 bridgehead atoms. The monoisotopic (exact) mass is 947 g/mol. The third-order valence-corrected chi connectivity index (χ3v) is 18.5. The molecule has 1 unspecified atom stereocenters. The number of para-hydroxylation sites is 2. The van der Waals surface area contributed by atoms with Gasteiger partial charge < -0.3 is 22.6 Å². The Kier molecular flexibility index (Phi) is 12.8. The van der Waals surface area contributed by atoms with Crippen molar-refractivity contribution < 1.29 is 44.0 Å².